The highest BCUT2D eigenvalue weighted by Crippen LogP contribution is 2.36. The number of alkyl halides is 3. The third-order valence-corrected chi connectivity index (χ3v) is 8.23. The van der Waals surface area contributed by atoms with Crippen molar-refractivity contribution in [2.24, 2.45) is 17.0 Å². The Labute approximate surface area is 257 Å². The molecule has 0 spiro atoms. The van der Waals surface area contributed by atoms with E-state index in [9.17, 15) is 18.0 Å². The van der Waals surface area contributed by atoms with Crippen LogP contribution in [0.5, 0.6) is 0 Å². The summed E-state index contributed by atoms with van der Waals surface area (Å²) >= 11 is 6.34. The van der Waals surface area contributed by atoms with Crippen LogP contribution < -0.4 is 5.32 Å². The van der Waals surface area contributed by atoms with E-state index in [1.165, 1.54) is 17.2 Å². The van der Waals surface area contributed by atoms with Gasteiger partial charge in [-0.2, -0.15) is 23.3 Å². The van der Waals surface area contributed by atoms with Crippen molar-refractivity contribution in [1.82, 2.24) is 24.6 Å². The van der Waals surface area contributed by atoms with Crippen LogP contribution in [0.15, 0.2) is 34.5 Å². The Bertz CT molecular complexity index is 1610. The monoisotopic (exact) mass is 632 g/mol. The van der Waals surface area contributed by atoms with Crippen molar-refractivity contribution in [1.29, 1.82) is 0 Å². The normalized spacial score (nSPS) is 17.8. The summed E-state index contributed by atoms with van der Waals surface area (Å²) in [5, 5.41) is 6.86. The molecule has 0 aliphatic carbocycles. The second kappa shape index (κ2) is 13.0. The molecule has 234 valence electrons. The van der Waals surface area contributed by atoms with Gasteiger partial charge in [0, 0.05) is 44.5 Å². The van der Waals surface area contributed by atoms with E-state index in [2.05, 4.69) is 30.4 Å². The third kappa shape index (κ3) is 7.09. The van der Waals surface area contributed by atoms with Crippen LogP contribution in [0, 0.1) is 12.7 Å². The number of amides is 1. The molecular weight excluding hydrogens is 600 g/mol. The number of nitrogens with one attached hydrogen (secondary N) is 1. The minimum Gasteiger partial charge on any atom is -0.338 e. The molecule has 0 radical (unpaired) electrons. The van der Waals surface area contributed by atoms with Gasteiger partial charge < -0.3 is 10.2 Å². The van der Waals surface area contributed by atoms with E-state index in [-0.39, 0.29) is 35.7 Å². The summed E-state index contributed by atoms with van der Waals surface area (Å²) < 4.78 is 56.5. The molecule has 44 heavy (non-hydrogen) atoms. The van der Waals surface area contributed by atoms with Gasteiger partial charge in [-0.15, -0.1) is 0 Å². The van der Waals surface area contributed by atoms with Crippen LogP contribution in [0.1, 0.15) is 78.5 Å². The summed E-state index contributed by atoms with van der Waals surface area (Å²) in [7, 11) is 1.16. The van der Waals surface area contributed by atoms with Crippen LogP contribution in [0.2, 0.25) is 5.02 Å². The van der Waals surface area contributed by atoms with Crippen molar-refractivity contribution in [3.63, 3.8) is 0 Å². The maximum Gasteiger partial charge on any atom is 0.433 e. The number of piperidine rings is 1. The number of aromatic nitrogens is 4. The van der Waals surface area contributed by atoms with E-state index in [0.717, 1.165) is 61.6 Å². The average Bonchev–Trinajstić information content (AvgIpc) is 3.36. The van der Waals surface area contributed by atoms with Gasteiger partial charge in [-0.3, -0.25) is 14.5 Å². The molecule has 2 aliphatic rings. The number of carbonyl (C=O) groups is 1. The number of aryl methyl sites for hydroxylation is 2. The van der Waals surface area contributed by atoms with Gasteiger partial charge in [0.2, 0.25) is 5.95 Å². The van der Waals surface area contributed by atoms with Crippen molar-refractivity contribution in [2.75, 3.05) is 25.0 Å². The molecule has 14 heteroatoms. The molecule has 9 nitrogen and oxygen atoms in total. The van der Waals surface area contributed by atoms with Crippen molar-refractivity contribution < 1.29 is 22.4 Å². The number of carbonyl (C=O) groups excluding carboxylic acids is 1. The predicted octanol–water partition coefficient (Wildman–Crippen LogP) is 7.20. The maximum absolute atomic E-state index is 15.4. The first-order valence-electron chi connectivity index (χ1n) is 14.4. The molecule has 2 aliphatic heterocycles. The Hall–Kier alpha value is -3.87. The first kappa shape index (κ1) is 31.6. The summed E-state index contributed by atoms with van der Waals surface area (Å²) in [6.07, 6.45) is 2.06. The number of likely N-dealkylation sites (tertiary alicyclic amines) is 1. The summed E-state index contributed by atoms with van der Waals surface area (Å²) in [5.74, 6) is -0.833. The largest absolute Gasteiger partial charge is 0.433 e. The lowest BCUT2D eigenvalue weighted by Crippen LogP contribution is -2.38. The topological polar surface area (TPSA) is 101 Å². The molecule has 1 fully saturated rings. The van der Waals surface area contributed by atoms with Gasteiger partial charge in [0.15, 0.2) is 11.5 Å². The van der Waals surface area contributed by atoms with Gasteiger partial charge in [-0.05, 0) is 75.1 Å². The first-order valence-corrected chi connectivity index (χ1v) is 14.8. The summed E-state index contributed by atoms with van der Waals surface area (Å²) in [6.45, 7) is 5.14. The van der Waals surface area contributed by atoms with Crippen molar-refractivity contribution in [3.05, 3.63) is 57.8 Å². The number of hydrogen-bond acceptors (Lipinski definition) is 7. The van der Waals surface area contributed by atoms with Gasteiger partial charge in [-0.1, -0.05) is 11.6 Å². The Morgan fingerprint density at radius 3 is 2.61 bits per heavy atom. The highest BCUT2D eigenvalue weighted by atomic mass is 35.5. The molecule has 3 aromatic rings. The Balaban J connectivity index is 1.28. The highest BCUT2D eigenvalue weighted by molar-refractivity contribution is 6.32. The molecule has 0 bridgehead atoms. The van der Waals surface area contributed by atoms with E-state index in [1.54, 1.807) is 6.07 Å². The second-order valence-corrected chi connectivity index (χ2v) is 11.6. The molecule has 1 N–H and O–H groups in total. The molecule has 0 saturated carbocycles. The Morgan fingerprint density at radius 2 is 1.89 bits per heavy atom. The zero-order valence-corrected chi connectivity index (χ0v) is 25.4. The Kier molecular flexibility index (Phi) is 9.33. The first-order chi connectivity index (χ1) is 20.9. The van der Waals surface area contributed by atoms with Crippen molar-refractivity contribution in [2.45, 2.75) is 64.5 Å². The standard InChI is InChI=1S/C30H33ClF4N8O/c1-17-12-25(40-29-37-16-23(31)27(41-29)39-20-6-4-5-9-36-18(2)13-20)24(32)14-21(17)19-7-10-43(11-8-19)28(44)22-15-38-42(3)26(22)30(33,34)35/h12,14-16,19H,4-11,13H2,1-3H3,(H,37,40,41). The maximum atomic E-state index is 15.4. The molecular formula is C30H33ClF4N8O. The van der Waals surface area contributed by atoms with Gasteiger partial charge in [0.1, 0.15) is 10.8 Å². The SMILES string of the molecule is CC1=NCCCCC(=Nc2nc(Nc3cc(C)c(C4CCN(C(=O)c5cnn(C)c5C(F)(F)F)CC4)cc3F)ncc2Cl)C1. The van der Waals surface area contributed by atoms with Gasteiger partial charge in [-0.25, -0.2) is 14.4 Å². The summed E-state index contributed by atoms with van der Waals surface area (Å²) in [5.41, 5.74) is 2.18. The third-order valence-electron chi connectivity index (χ3n) is 7.97. The highest BCUT2D eigenvalue weighted by Gasteiger charge is 2.40. The van der Waals surface area contributed by atoms with Gasteiger partial charge in [0.25, 0.3) is 5.91 Å². The van der Waals surface area contributed by atoms with Crippen LogP contribution in [0.3, 0.4) is 0 Å². The molecule has 1 aromatic carbocycles. The summed E-state index contributed by atoms with van der Waals surface area (Å²) in [4.78, 5) is 32.2. The Morgan fingerprint density at radius 1 is 1.14 bits per heavy atom. The smallest absolute Gasteiger partial charge is 0.338 e. The predicted molar refractivity (Wildman–Crippen MR) is 161 cm³/mol. The molecule has 4 heterocycles. The average molecular weight is 633 g/mol. The van der Waals surface area contributed by atoms with E-state index >= 15 is 4.39 Å². The zero-order chi connectivity index (χ0) is 31.6. The van der Waals surface area contributed by atoms with Crippen LogP contribution in [-0.2, 0) is 13.2 Å². The molecule has 2 aromatic heterocycles. The minimum absolute atomic E-state index is 0.0661. The van der Waals surface area contributed by atoms with Crippen LogP contribution in [0.4, 0.5) is 35.0 Å². The lowest BCUT2D eigenvalue weighted by atomic mass is 9.86. The lowest BCUT2D eigenvalue weighted by molar-refractivity contribution is -0.144. The molecule has 1 saturated heterocycles. The number of nitrogens with zero attached hydrogens (tertiary/aromatic N) is 7. The number of anilines is 2. The molecule has 1 amide bonds. The lowest BCUT2D eigenvalue weighted by Gasteiger charge is -2.33. The molecule has 0 atom stereocenters. The number of halogens is 5. The van der Waals surface area contributed by atoms with E-state index in [4.69, 9.17) is 11.6 Å². The fourth-order valence-corrected chi connectivity index (χ4v) is 5.87. The van der Waals surface area contributed by atoms with Crippen LogP contribution in [0.25, 0.3) is 0 Å². The minimum atomic E-state index is -4.70. The van der Waals surface area contributed by atoms with Crippen molar-refractivity contribution in [3.8, 4) is 0 Å². The number of rotatable bonds is 5. The van der Waals surface area contributed by atoms with Crippen LogP contribution >= 0.6 is 11.6 Å². The van der Waals surface area contributed by atoms with Gasteiger partial charge >= 0.3 is 6.18 Å². The zero-order valence-electron chi connectivity index (χ0n) is 24.7. The number of aliphatic imine (C=N–C) groups is 2. The van der Waals surface area contributed by atoms with E-state index < -0.39 is 29.2 Å². The van der Waals surface area contributed by atoms with E-state index in [0.29, 0.717) is 29.8 Å². The number of hydrogen-bond donors (Lipinski definition) is 1. The fourth-order valence-electron chi connectivity index (χ4n) is 5.74. The van der Waals surface area contributed by atoms with E-state index in [1.807, 2.05) is 13.8 Å². The second-order valence-electron chi connectivity index (χ2n) is 11.2. The number of benzene rings is 1. The quantitative estimate of drug-likeness (QED) is 0.300. The molecule has 0 unspecified atom stereocenters. The summed E-state index contributed by atoms with van der Waals surface area (Å²) in [6, 6.07) is 3.13. The van der Waals surface area contributed by atoms with Crippen LogP contribution in [-0.4, -0.2) is 61.6 Å². The molecule has 5 rings (SSSR count). The van der Waals surface area contributed by atoms with Crippen molar-refractivity contribution >= 4 is 46.4 Å². The van der Waals surface area contributed by atoms with Gasteiger partial charge in [0.05, 0.1) is 23.6 Å². The fraction of sp³-hybridized carbons (Fsp3) is 0.467.